The fourth-order valence-corrected chi connectivity index (χ4v) is 0.507. The van der Waals surface area contributed by atoms with E-state index in [1.54, 1.807) is 13.8 Å². The number of nitrogens with one attached hydrogen (secondary N) is 1. The van der Waals surface area contributed by atoms with Crippen LogP contribution in [0.5, 0.6) is 0 Å². The third kappa shape index (κ3) is 29.9. The van der Waals surface area contributed by atoms with E-state index in [0.717, 1.165) is 0 Å². The van der Waals surface area contributed by atoms with Gasteiger partial charge in [-0.2, -0.15) is 0 Å². The molecular weight excluding hydrogens is 258 g/mol. The first kappa shape index (κ1) is 26.8. The van der Waals surface area contributed by atoms with Gasteiger partial charge in [-0.25, -0.2) is 4.79 Å². The van der Waals surface area contributed by atoms with E-state index in [1.165, 1.54) is 6.42 Å². The Bertz CT molecular complexity index is 248. The van der Waals surface area contributed by atoms with Gasteiger partial charge in [-0.1, -0.05) is 41.0 Å². The van der Waals surface area contributed by atoms with Gasteiger partial charge in [0, 0.05) is 0 Å². The topological polar surface area (TPSA) is 75.6 Å². The summed E-state index contributed by atoms with van der Waals surface area (Å²) in [7, 11) is 0. The Labute approximate surface area is 124 Å². The summed E-state index contributed by atoms with van der Waals surface area (Å²) in [5.74, 6) is -1.09. The monoisotopic (exact) mass is 289 g/mol. The van der Waals surface area contributed by atoms with Crippen molar-refractivity contribution in [3.8, 4) is 12.8 Å². The number of rotatable bonds is 4. The Morgan fingerprint density at radius 3 is 1.75 bits per heavy atom. The summed E-state index contributed by atoms with van der Waals surface area (Å²) in [6, 6.07) is 0. The molecule has 0 atom stereocenters. The molecule has 0 aromatic rings. The molecule has 0 fully saturated rings. The maximum atomic E-state index is 10.9. The van der Waals surface area contributed by atoms with Crippen molar-refractivity contribution in [1.82, 2.24) is 5.32 Å². The molecule has 0 aromatic carbocycles. The zero-order valence-corrected chi connectivity index (χ0v) is 13.9. The molecule has 120 valence electrons. The van der Waals surface area contributed by atoms with E-state index >= 15 is 0 Å². The fraction of sp³-hybridized carbons (Fsp3) is 0.733. The standard InChI is InChI=1S/C8H15NO4.C3H8.C2H6.C2H2/c1-4-8(2,3)13-7(12)9-5-6(10)11;1-3-2;2*1-2/h4-5H2,1-3H3,(H,9,12)(H,10,11);3H2,1-2H3;1-2H3;1-2H. The largest absolute Gasteiger partial charge is 0.480 e. The van der Waals surface area contributed by atoms with Crippen LogP contribution >= 0.6 is 0 Å². The highest BCUT2D eigenvalue weighted by molar-refractivity contribution is 5.76. The molecule has 20 heavy (non-hydrogen) atoms. The summed E-state index contributed by atoms with van der Waals surface area (Å²) in [6.07, 6.45) is 9.22. The first-order valence-electron chi connectivity index (χ1n) is 6.81. The van der Waals surface area contributed by atoms with Gasteiger partial charge < -0.3 is 15.2 Å². The summed E-state index contributed by atoms with van der Waals surface area (Å²) in [5.41, 5.74) is -0.553. The maximum absolute atomic E-state index is 10.9. The van der Waals surface area contributed by atoms with Crippen LogP contribution < -0.4 is 5.32 Å². The number of hydrogen-bond acceptors (Lipinski definition) is 3. The quantitative estimate of drug-likeness (QED) is 0.774. The van der Waals surface area contributed by atoms with E-state index in [-0.39, 0.29) is 0 Å². The van der Waals surface area contributed by atoms with Gasteiger partial charge in [0.15, 0.2) is 0 Å². The van der Waals surface area contributed by atoms with Gasteiger partial charge in [-0.15, -0.1) is 12.8 Å². The maximum Gasteiger partial charge on any atom is 0.408 e. The van der Waals surface area contributed by atoms with Crippen LogP contribution in [-0.4, -0.2) is 29.3 Å². The van der Waals surface area contributed by atoms with E-state index < -0.39 is 24.2 Å². The number of carboxylic acid groups (broad SMARTS) is 1. The Morgan fingerprint density at radius 1 is 1.15 bits per heavy atom. The van der Waals surface area contributed by atoms with Crippen molar-refractivity contribution in [2.24, 2.45) is 0 Å². The number of aliphatic carboxylic acids is 1. The van der Waals surface area contributed by atoms with E-state index in [1.807, 2.05) is 20.8 Å². The molecule has 5 nitrogen and oxygen atoms in total. The number of carbonyl (C=O) groups is 2. The predicted octanol–water partition coefficient (Wildman–Crippen LogP) is 3.68. The van der Waals surface area contributed by atoms with Crippen LogP contribution in [0.1, 0.15) is 61.3 Å². The highest BCUT2D eigenvalue weighted by atomic mass is 16.6. The van der Waals surface area contributed by atoms with Gasteiger partial charge in [-0.3, -0.25) is 4.79 Å². The van der Waals surface area contributed by atoms with Crippen molar-refractivity contribution in [3.05, 3.63) is 0 Å². The molecule has 0 bridgehead atoms. The SMILES string of the molecule is C#C.CC.CCC.CCC(C)(C)OC(=O)NCC(=O)O. The minimum Gasteiger partial charge on any atom is -0.480 e. The van der Waals surface area contributed by atoms with Crippen LogP contribution in [0.2, 0.25) is 0 Å². The zero-order valence-electron chi connectivity index (χ0n) is 13.9. The molecule has 0 aliphatic carbocycles. The lowest BCUT2D eigenvalue weighted by molar-refractivity contribution is -0.136. The smallest absolute Gasteiger partial charge is 0.408 e. The Morgan fingerprint density at radius 2 is 1.50 bits per heavy atom. The molecule has 0 unspecified atom stereocenters. The van der Waals surface area contributed by atoms with Crippen molar-refractivity contribution < 1.29 is 19.4 Å². The number of carbonyl (C=O) groups excluding carboxylic acids is 1. The Kier molecular flexibility index (Phi) is 26.3. The molecule has 0 heterocycles. The molecule has 5 heteroatoms. The molecular formula is C15H31NO4. The minimum absolute atomic E-state index is 0.418. The number of terminal acetylenes is 1. The molecule has 0 spiro atoms. The van der Waals surface area contributed by atoms with Crippen molar-refractivity contribution in [3.63, 3.8) is 0 Å². The molecule has 0 aliphatic rings. The highest BCUT2D eigenvalue weighted by Gasteiger charge is 2.20. The van der Waals surface area contributed by atoms with Gasteiger partial charge in [0.2, 0.25) is 0 Å². The van der Waals surface area contributed by atoms with Crippen LogP contribution in [-0.2, 0) is 9.53 Å². The van der Waals surface area contributed by atoms with Gasteiger partial charge >= 0.3 is 12.1 Å². The molecule has 0 saturated carbocycles. The van der Waals surface area contributed by atoms with Gasteiger partial charge in [0.05, 0.1) is 0 Å². The van der Waals surface area contributed by atoms with E-state index in [4.69, 9.17) is 9.84 Å². The summed E-state index contributed by atoms with van der Waals surface area (Å²) >= 11 is 0. The van der Waals surface area contributed by atoms with Gasteiger partial charge in [0.1, 0.15) is 12.1 Å². The van der Waals surface area contributed by atoms with Crippen molar-refractivity contribution in [2.45, 2.75) is 66.9 Å². The number of alkyl carbamates (subject to hydrolysis) is 1. The molecule has 0 aliphatic heterocycles. The molecule has 0 rings (SSSR count). The second-order valence-corrected chi connectivity index (χ2v) is 3.96. The second-order valence-electron chi connectivity index (χ2n) is 3.96. The molecule has 2 N–H and O–H groups in total. The van der Waals surface area contributed by atoms with Gasteiger partial charge in [-0.05, 0) is 20.3 Å². The number of hydrogen-bond donors (Lipinski definition) is 2. The zero-order chi connectivity index (χ0) is 17.2. The molecule has 0 radical (unpaired) electrons. The third-order valence-electron chi connectivity index (χ3n) is 1.60. The number of amides is 1. The summed E-state index contributed by atoms with van der Waals surface area (Å²) in [5, 5.41) is 10.4. The first-order chi connectivity index (χ1) is 9.29. The van der Waals surface area contributed by atoms with E-state index in [2.05, 4.69) is 32.0 Å². The highest BCUT2D eigenvalue weighted by Crippen LogP contribution is 2.12. The van der Waals surface area contributed by atoms with Crippen LogP contribution in [0, 0.1) is 12.8 Å². The van der Waals surface area contributed by atoms with Crippen LogP contribution in [0.3, 0.4) is 0 Å². The van der Waals surface area contributed by atoms with Crippen molar-refractivity contribution in [2.75, 3.05) is 6.54 Å². The second kappa shape index (κ2) is 19.6. The van der Waals surface area contributed by atoms with E-state index in [0.29, 0.717) is 6.42 Å². The predicted molar refractivity (Wildman–Crippen MR) is 83.7 cm³/mol. The van der Waals surface area contributed by atoms with Crippen LogP contribution in [0.25, 0.3) is 0 Å². The Balaban J connectivity index is -0.000000155. The third-order valence-corrected chi connectivity index (χ3v) is 1.60. The van der Waals surface area contributed by atoms with Crippen LogP contribution in [0.4, 0.5) is 4.79 Å². The molecule has 0 aromatic heterocycles. The lowest BCUT2D eigenvalue weighted by Crippen LogP contribution is -2.36. The molecule has 0 saturated heterocycles. The normalized spacial score (nSPS) is 8.25. The minimum atomic E-state index is -1.09. The summed E-state index contributed by atoms with van der Waals surface area (Å²) in [4.78, 5) is 21.0. The lowest BCUT2D eigenvalue weighted by atomic mass is 10.1. The number of carboxylic acids is 1. The van der Waals surface area contributed by atoms with E-state index in [9.17, 15) is 9.59 Å². The van der Waals surface area contributed by atoms with Crippen molar-refractivity contribution >= 4 is 12.1 Å². The summed E-state index contributed by atoms with van der Waals surface area (Å²) < 4.78 is 4.92. The first-order valence-corrected chi connectivity index (χ1v) is 6.81. The van der Waals surface area contributed by atoms with Crippen molar-refractivity contribution in [1.29, 1.82) is 0 Å². The average Bonchev–Trinajstić information content (AvgIpc) is 2.41. The Hall–Kier alpha value is -1.70. The average molecular weight is 289 g/mol. The van der Waals surface area contributed by atoms with Crippen LogP contribution in [0.15, 0.2) is 0 Å². The molecule has 1 amide bonds. The number of ether oxygens (including phenoxy) is 1. The lowest BCUT2D eigenvalue weighted by Gasteiger charge is -2.22. The summed E-state index contributed by atoms with van der Waals surface area (Å²) in [6.45, 7) is 13.2. The van der Waals surface area contributed by atoms with Gasteiger partial charge in [0.25, 0.3) is 0 Å². The fourth-order valence-electron chi connectivity index (χ4n) is 0.507.